The number of Topliss-reactive ketones (excluding diaryl/α,β-unsaturated/α-hetero) is 1. The minimum Gasteiger partial charge on any atom is -0.465 e. The van der Waals surface area contributed by atoms with Crippen LogP contribution < -0.4 is 0 Å². The second-order valence-electron chi connectivity index (χ2n) is 3.04. The third-order valence-corrected chi connectivity index (χ3v) is 2.64. The highest BCUT2D eigenvalue weighted by Gasteiger charge is 2.17. The summed E-state index contributed by atoms with van der Waals surface area (Å²) in [5, 5.41) is 0.962. The van der Waals surface area contributed by atoms with Gasteiger partial charge in [-0.25, -0.2) is 4.79 Å². The molecule has 0 saturated carbocycles. The van der Waals surface area contributed by atoms with Gasteiger partial charge in [0.05, 0.1) is 12.7 Å². The van der Waals surface area contributed by atoms with Gasteiger partial charge in [-0.15, -0.1) is 0 Å². The summed E-state index contributed by atoms with van der Waals surface area (Å²) in [6, 6.07) is 4.53. The van der Waals surface area contributed by atoms with E-state index < -0.39 is 5.97 Å². The number of ketones is 1. The van der Waals surface area contributed by atoms with E-state index in [-0.39, 0.29) is 11.3 Å². The van der Waals surface area contributed by atoms with E-state index in [1.807, 2.05) is 0 Å². The first-order valence-corrected chi connectivity index (χ1v) is 6.07. The number of benzene rings is 1. The number of esters is 1. The summed E-state index contributed by atoms with van der Waals surface area (Å²) in [4.78, 5) is 23.2. The second-order valence-corrected chi connectivity index (χ2v) is 4.27. The van der Waals surface area contributed by atoms with Gasteiger partial charge in [0.15, 0.2) is 5.78 Å². The molecule has 0 unspecified atom stereocenters. The Morgan fingerprint density at radius 3 is 2.62 bits per heavy atom. The maximum Gasteiger partial charge on any atom is 0.338 e. The predicted octanol–water partition coefficient (Wildman–Crippen LogP) is 3.09. The van der Waals surface area contributed by atoms with Crippen LogP contribution in [0.1, 0.15) is 27.1 Å². The van der Waals surface area contributed by atoms with E-state index in [1.165, 1.54) is 19.2 Å². The van der Waals surface area contributed by atoms with Gasteiger partial charge in [-0.05, 0) is 18.2 Å². The maximum atomic E-state index is 11.7. The zero-order chi connectivity index (χ0) is 12.1. The van der Waals surface area contributed by atoms with Crippen molar-refractivity contribution in [2.24, 2.45) is 0 Å². The highest BCUT2D eigenvalue weighted by Crippen LogP contribution is 2.19. The van der Waals surface area contributed by atoms with Gasteiger partial charge in [0.2, 0.25) is 0 Å². The van der Waals surface area contributed by atoms with E-state index in [0.29, 0.717) is 22.3 Å². The molecular formula is C11H10BrClO3. The lowest BCUT2D eigenvalue weighted by molar-refractivity contribution is 0.0597. The van der Waals surface area contributed by atoms with Crippen LogP contribution in [0.4, 0.5) is 0 Å². The Hall–Kier alpha value is -0.870. The summed E-state index contributed by atoms with van der Waals surface area (Å²) in [5.74, 6) is -0.672. The van der Waals surface area contributed by atoms with Gasteiger partial charge in [-0.1, -0.05) is 27.5 Å². The van der Waals surface area contributed by atoms with Crippen LogP contribution in [0.2, 0.25) is 5.02 Å². The molecule has 0 atom stereocenters. The molecule has 0 radical (unpaired) electrons. The van der Waals surface area contributed by atoms with Crippen molar-refractivity contribution in [2.75, 3.05) is 12.4 Å². The van der Waals surface area contributed by atoms with E-state index in [1.54, 1.807) is 6.07 Å². The number of hydrogen-bond donors (Lipinski definition) is 0. The molecule has 5 heteroatoms. The topological polar surface area (TPSA) is 43.4 Å². The number of alkyl halides is 1. The fourth-order valence-corrected chi connectivity index (χ4v) is 1.79. The van der Waals surface area contributed by atoms with Crippen LogP contribution in [0, 0.1) is 0 Å². The Morgan fingerprint density at radius 2 is 2.06 bits per heavy atom. The van der Waals surface area contributed by atoms with Crippen molar-refractivity contribution in [3.8, 4) is 0 Å². The fourth-order valence-electron chi connectivity index (χ4n) is 1.26. The standard InChI is InChI=1S/C11H10BrClO3/c1-16-11(15)8-3-2-7(13)6-9(8)10(14)4-5-12/h2-3,6H,4-5H2,1H3. The number of carbonyl (C=O) groups excluding carboxylic acids is 2. The van der Waals surface area contributed by atoms with E-state index >= 15 is 0 Å². The Morgan fingerprint density at radius 1 is 1.38 bits per heavy atom. The van der Waals surface area contributed by atoms with Crippen LogP contribution in [0.3, 0.4) is 0 Å². The van der Waals surface area contributed by atoms with Gasteiger partial charge in [-0.3, -0.25) is 4.79 Å². The van der Waals surface area contributed by atoms with E-state index in [2.05, 4.69) is 20.7 Å². The van der Waals surface area contributed by atoms with Gasteiger partial charge < -0.3 is 4.74 Å². The lowest BCUT2D eigenvalue weighted by Gasteiger charge is -2.06. The highest BCUT2D eigenvalue weighted by atomic mass is 79.9. The largest absolute Gasteiger partial charge is 0.465 e. The summed E-state index contributed by atoms with van der Waals surface area (Å²) in [5.41, 5.74) is 0.552. The van der Waals surface area contributed by atoms with E-state index in [4.69, 9.17) is 11.6 Å². The lowest BCUT2D eigenvalue weighted by Crippen LogP contribution is -2.10. The minimum absolute atomic E-state index is 0.139. The van der Waals surface area contributed by atoms with Crippen molar-refractivity contribution >= 4 is 39.3 Å². The SMILES string of the molecule is COC(=O)c1ccc(Cl)cc1C(=O)CCBr. The number of hydrogen-bond acceptors (Lipinski definition) is 3. The van der Waals surface area contributed by atoms with Crippen LogP contribution in [-0.2, 0) is 4.74 Å². The molecule has 1 aromatic rings. The molecule has 0 amide bonds. The molecule has 0 fully saturated rings. The number of carbonyl (C=O) groups is 2. The van der Waals surface area contributed by atoms with Gasteiger partial charge in [0.1, 0.15) is 0 Å². The van der Waals surface area contributed by atoms with E-state index in [0.717, 1.165) is 0 Å². The Kier molecular flexibility index (Phi) is 4.96. The Bertz CT molecular complexity index is 418. The van der Waals surface area contributed by atoms with Gasteiger partial charge in [0, 0.05) is 22.3 Å². The third-order valence-electron chi connectivity index (χ3n) is 2.01. The maximum absolute atomic E-state index is 11.7. The molecule has 0 heterocycles. The van der Waals surface area contributed by atoms with Crippen molar-refractivity contribution in [3.05, 3.63) is 34.3 Å². The first-order valence-electron chi connectivity index (χ1n) is 4.57. The molecule has 0 aliphatic heterocycles. The Labute approximate surface area is 107 Å². The van der Waals surface area contributed by atoms with E-state index in [9.17, 15) is 9.59 Å². The Balaban J connectivity index is 3.17. The van der Waals surface area contributed by atoms with Crippen LogP contribution in [-0.4, -0.2) is 24.2 Å². The molecule has 0 spiro atoms. The number of halogens is 2. The zero-order valence-corrected chi connectivity index (χ0v) is 11.0. The van der Waals surface area contributed by atoms with Gasteiger partial charge >= 0.3 is 5.97 Å². The molecule has 16 heavy (non-hydrogen) atoms. The molecule has 0 aliphatic rings. The number of ether oxygens (including phenoxy) is 1. The molecule has 0 N–H and O–H groups in total. The molecular weight excluding hydrogens is 295 g/mol. The second kappa shape index (κ2) is 6.01. The predicted molar refractivity (Wildman–Crippen MR) is 65.5 cm³/mol. The molecule has 0 saturated heterocycles. The van der Waals surface area contributed by atoms with Crippen LogP contribution in [0.5, 0.6) is 0 Å². The lowest BCUT2D eigenvalue weighted by atomic mass is 10.0. The third kappa shape index (κ3) is 3.06. The normalized spacial score (nSPS) is 9.94. The quantitative estimate of drug-likeness (QED) is 0.488. The molecule has 1 aromatic carbocycles. The summed E-state index contributed by atoms with van der Waals surface area (Å²) < 4.78 is 4.60. The van der Waals surface area contributed by atoms with Crippen LogP contribution in [0.25, 0.3) is 0 Å². The molecule has 0 aliphatic carbocycles. The monoisotopic (exact) mass is 304 g/mol. The molecule has 0 bridgehead atoms. The average molecular weight is 306 g/mol. The highest BCUT2D eigenvalue weighted by molar-refractivity contribution is 9.09. The van der Waals surface area contributed by atoms with Crippen molar-refractivity contribution < 1.29 is 14.3 Å². The number of methoxy groups -OCH3 is 1. The minimum atomic E-state index is -0.533. The van der Waals surface area contributed by atoms with Crippen LogP contribution in [0.15, 0.2) is 18.2 Å². The smallest absolute Gasteiger partial charge is 0.338 e. The molecule has 0 aromatic heterocycles. The molecule has 1 rings (SSSR count). The van der Waals surface area contributed by atoms with Crippen molar-refractivity contribution in [2.45, 2.75) is 6.42 Å². The average Bonchev–Trinajstić information content (AvgIpc) is 2.28. The summed E-state index contributed by atoms with van der Waals surface area (Å²) in [6.45, 7) is 0. The summed E-state index contributed by atoms with van der Waals surface area (Å²) in [6.07, 6.45) is 0.310. The summed E-state index contributed by atoms with van der Waals surface area (Å²) in [7, 11) is 1.27. The van der Waals surface area contributed by atoms with Crippen molar-refractivity contribution in [3.63, 3.8) is 0 Å². The van der Waals surface area contributed by atoms with Crippen LogP contribution >= 0.6 is 27.5 Å². The number of rotatable bonds is 4. The first-order chi connectivity index (χ1) is 7.60. The van der Waals surface area contributed by atoms with Gasteiger partial charge in [-0.2, -0.15) is 0 Å². The van der Waals surface area contributed by atoms with Crippen molar-refractivity contribution in [1.82, 2.24) is 0 Å². The summed E-state index contributed by atoms with van der Waals surface area (Å²) >= 11 is 8.97. The van der Waals surface area contributed by atoms with Gasteiger partial charge in [0.25, 0.3) is 0 Å². The fraction of sp³-hybridized carbons (Fsp3) is 0.273. The zero-order valence-electron chi connectivity index (χ0n) is 8.63. The molecule has 3 nitrogen and oxygen atoms in total. The first kappa shape index (κ1) is 13.2. The van der Waals surface area contributed by atoms with Crippen molar-refractivity contribution in [1.29, 1.82) is 0 Å². The molecule has 86 valence electrons.